The van der Waals surface area contributed by atoms with Crippen LogP contribution < -0.4 is 10.6 Å². The summed E-state index contributed by atoms with van der Waals surface area (Å²) in [6.45, 7) is 3.09. The molecular weight excluding hydrogens is 284 g/mol. The van der Waals surface area contributed by atoms with Gasteiger partial charge in [0.25, 0.3) is 0 Å². The molecule has 0 spiro atoms. The van der Waals surface area contributed by atoms with Crippen LogP contribution in [-0.2, 0) is 6.54 Å². The van der Waals surface area contributed by atoms with E-state index >= 15 is 0 Å². The average molecular weight is 302 g/mol. The van der Waals surface area contributed by atoms with Crippen molar-refractivity contribution in [2.24, 2.45) is 0 Å². The zero-order chi connectivity index (χ0) is 15.1. The molecule has 0 unspecified atom stereocenters. The van der Waals surface area contributed by atoms with Gasteiger partial charge in [0, 0.05) is 17.0 Å². The smallest absolute Gasteiger partial charge is 0.315 e. The minimum atomic E-state index is -0.179. The summed E-state index contributed by atoms with van der Waals surface area (Å²) >= 11 is 1.41. The van der Waals surface area contributed by atoms with E-state index in [1.54, 1.807) is 18.2 Å². The number of benzene rings is 1. The summed E-state index contributed by atoms with van der Waals surface area (Å²) in [4.78, 5) is 25.3. The van der Waals surface area contributed by atoms with Crippen molar-refractivity contribution in [3.63, 3.8) is 0 Å². The van der Waals surface area contributed by atoms with Crippen LogP contribution in [-0.4, -0.2) is 18.4 Å². The molecule has 110 valence electrons. The molecule has 0 saturated carbocycles. The molecule has 1 aromatic heterocycles. The molecule has 0 aliphatic rings. The summed E-state index contributed by atoms with van der Waals surface area (Å²) in [5.74, 6) is 0.0160. The van der Waals surface area contributed by atoms with Crippen LogP contribution in [0.15, 0.2) is 42.5 Å². The fraction of sp³-hybridized carbons (Fsp3) is 0.250. The first-order chi connectivity index (χ1) is 10.2. The standard InChI is InChI=1S/C16H18N2O2S/c1-2-10-17-16(20)18-11-13-8-9-14(21-13)15(19)12-6-4-3-5-7-12/h3-9H,2,10-11H2,1H3,(H2,17,18,20). The number of hydrogen-bond donors (Lipinski definition) is 2. The van der Waals surface area contributed by atoms with E-state index in [9.17, 15) is 9.59 Å². The van der Waals surface area contributed by atoms with E-state index in [4.69, 9.17) is 0 Å². The summed E-state index contributed by atoms with van der Waals surface area (Å²) in [5, 5.41) is 5.52. The van der Waals surface area contributed by atoms with E-state index in [0.29, 0.717) is 23.5 Å². The first-order valence-corrected chi connectivity index (χ1v) is 7.72. The van der Waals surface area contributed by atoms with Crippen molar-refractivity contribution in [2.75, 3.05) is 6.54 Å². The van der Waals surface area contributed by atoms with Crippen molar-refractivity contribution >= 4 is 23.2 Å². The molecule has 2 N–H and O–H groups in total. The first-order valence-electron chi connectivity index (χ1n) is 6.91. The lowest BCUT2D eigenvalue weighted by molar-refractivity contribution is 0.104. The Kier molecular flexibility index (Phi) is 5.51. The molecule has 2 aromatic rings. The molecule has 5 heteroatoms. The highest BCUT2D eigenvalue weighted by atomic mass is 32.1. The largest absolute Gasteiger partial charge is 0.338 e. The molecule has 2 rings (SSSR count). The zero-order valence-electron chi connectivity index (χ0n) is 11.9. The van der Waals surface area contributed by atoms with Gasteiger partial charge in [0.15, 0.2) is 0 Å². The van der Waals surface area contributed by atoms with Crippen LogP contribution in [0.4, 0.5) is 4.79 Å². The normalized spacial score (nSPS) is 10.1. The van der Waals surface area contributed by atoms with Crippen molar-refractivity contribution < 1.29 is 9.59 Å². The Bertz CT molecular complexity index is 608. The third-order valence-corrected chi connectivity index (χ3v) is 3.96. The van der Waals surface area contributed by atoms with Crippen molar-refractivity contribution in [1.29, 1.82) is 0 Å². The molecule has 1 heterocycles. The van der Waals surface area contributed by atoms with Crippen molar-refractivity contribution in [1.82, 2.24) is 10.6 Å². The number of nitrogens with one attached hydrogen (secondary N) is 2. The number of urea groups is 1. The molecule has 0 saturated heterocycles. The molecule has 0 aliphatic carbocycles. The second-order valence-corrected chi connectivity index (χ2v) is 5.74. The summed E-state index contributed by atoms with van der Waals surface area (Å²) < 4.78 is 0. The summed E-state index contributed by atoms with van der Waals surface area (Å²) in [6, 6.07) is 12.7. The predicted molar refractivity (Wildman–Crippen MR) is 84.7 cm³/mol. The number of carbonyl (C=O) groups excluding carboxylic acids is 2. The van der Waals surface area contributed by atoms with Crippen LogP contribution >= 0.6 is 11.3 Å². The Morgan fingerprint density at radius 3 is 2.52 bits per heavy atom. The molecule has 0 atom stereocenters. The number of hydrogen-bond acceptors (Lipinski definition) is 3. The number of rotatable bonds is 6. The SMILES string of the molecule is CCCNC(=O)NCc1ccc(C(=O)c2ccccc2)s1. The molecular formula is C16H18N2O2S. The van der Waals surface area contributed by atoms with Gasteiger partial charge in [-0.15, -0.1) is 11.3 Å². The van der Waals surface area contributed by atoms with Crippen LogP contribution in [0.1, 0.15) is 33.5 Å². The fourth-order valence-corrected chi connectivity index (χ4v) is 2.70. The van der Waals surface area contributed by atoms with Gasteiger partial charge in [-0.1, -0.05) is 37.3 Å². The molecule has 0 fully saturated rings. The zero-order valence-corrected chi connectivity index (χ0v) is 12.7. The van der Waals surface area contributed by atoms with Gasteiger partial charge in [-0.3, -0.25) is 4.79 Å². The Labute approximate surface area is 128 Å². The van der Waals surface area contributed by atoms with Crippen LogP contribution in [0.5, 0.6) is 0 Å². The lowest BCUT2D eigenvalue weighted by Gasteiger charge is -2.04. The van der Waals surface area contributed by atoms with Crippen LogP contribution in [0, 0.1) is 0 Å². The minimum absolute atomic E-state index is 0.0160. The monoisotopic (exact) mass is 302 g/mol. The van der Waals surface area contributed by atoms with Crippen LogP contribution in [0.25, 0.3) is 0 Å². The molecule has 1 aromatic carbocycles. The maximum atomic E-state index is 12.2. The Morgan fingerprint density at radius 1 is 1.05 bits per heavy atom. The van der Waals surface area contributed by atoms with Gasteiger partial charge in [0.05, 0.1) is 11.4 Å². The second kappa shape index (κ2) is 7.59. The fourth-order valence-electron chi connectivity index (χ4n) is 1.80. The van der Waals surface area contributed by atoms with E-state index in [2.05, 4.69) is 10.6 Å². The van der Waals surface area contributed by atoms with E-state index in [1.807, 2.05) is 31.2 Å². The third-order valence-electron chi connectivity index (χ3n) is 2.88. The van der Waals surface area contributed by atoms with Gasteiger partial charge in [0.2, 0.25) is 5.78 Å². The van der Waals surface area contributed by atoms with Gasteiger partial charge in [-0.05, 0) is 18.6 Å². The Hall–Kier alpha value is -2.14. The lowest BCUT2D eigenvalue weighted by Crippen LogP contribution is -2.35. The molecule has 4 nitrogen and oxygen atoms in total. The summed E-state index contributed by atoms with van der Waals surface area (Å²) in [6.07, 6.45) is 0.905. The van der Waals surface area contributed by atoms with Crippen LogP contribution in [0.3, 0.4) is 0 Å². The molecule has 0 aliphatic heterocycles. The highest BCUT2D eigenvalue weighted by Crippen LogP contribution is 2.19. The number of amides is 2. The van der Waals surface area contributed by atoms with E-state index in [1.165, 1.54) is 11.3 Å². The maximum Gasteiger partial charge on any atom is 0.315 e. The molecule has 2 amide bonds. The highest BCUT2D eigenvalue weighted by Gasteiger charge is 2.11. The second-order valence-electron chi connectivity index (χ2n) is 4.57. The quantitative estimate of drug-likeness (QED) is 0.805. The van der Waals surface area contributed by atoms with Crippen molar-refractivity contribution in [3.8, 4) is 0 Å². The van der Waals surface area contributed by atoms with Gasteiger partial charge in [-0.25, -0.2) is 4.79 Å². The number of ketones is 1. The third kappa shape index (κ3) is 4.43. The summed E-state index contributed by atoms with van der Waals surface area (Å²) in [5.41, 5.74) is 0.680. The lowest BCUT2D eigenvalue weighted by atomic mass is 10.1. The molecule has 0 bridgehead atoms. The van der Waals surface area contributed by atoms with E-state index in [0.717, 1.165) is 11.3 Å². The molecule has 0 radical (unpaired) electrons. The first kappa shape index (κ1) is 15.3. The van der Waals surface area contributed by atoms with Crippen molar-refractivity contribution in [2.45, 2.75) is 19.9 Å². The van der Waals surface area contributed by atoms with E-state index in [-0.39, 0.29) is 11.8 Å². The maximum absolute atomic E-state index is 12.2. The van der Waals surface area contributed by atoms with Gasteiger partial charge in [-0.2, -0.15) is 0 Å². The minimum Gasteiger partial charge on any atom is -0.338 e. The van der Waals surface area contributed by atoms with Gasteiger partial charge < -0.3 is 10.6 Å². The summed E-state index contributed by atoms with van der Waals surface area (Å²) in [7, 11) is 0. The van der Waals surface area contributed by atoms with Gasteiger partial charge >= 0.3 is 6.03 Å². The van der Waals surface area contributed by atoms with Crippen LogP contribution in [0.2, 0.25) is 0 Å². The Balaban J connectivity index is 1.92. The average Bonchev–Trinajstić information content (AvgIpc) is 3.00. The number of carbonyl (C=O) groups is 2. The van der Waals surface area contributed by atoms with Crippen molar-refractivity contribution in [3.05, 3.63) is 57.8 Å². The Morgan fingerprint density at radius 2 is 1.81 bits per heavy atom. The van der Waals surface area contributed by atoms with Gasteiger partial charge in [0.1, 0.15) is 0 Å². The number of thiophene rings is 1. The topological polar surface area (TPSA) is 58.2 Å². The highest BCUT2D eigenvalue weighted by molar-refractivity contribution is 7.14. The molecule has 21 heavy (non-hydrogen) atoms. The predicted octanol–water partition coefficient (Wildman–Crippen LogP) is 3.19. The van der Waals surface area contributed by atoms with E-state index < -0.39 is 0 Å².